The number of rotatable bonds is 6. The largest absolute Gasteiger partial charge is 0.480 e. The highest BCUT2D eigenvalue weighted by Crippen LogP contribution is 2.49. The van der Waals surface area contributed by atoms with E-state index in [1.807, 2.05) is 0 Å². The number of nitro benzene ring substituents is 3. The van der Waals surface area contributed by atoms with Crippen LogP contribution >= 0.6 is 0 Å². The summed E-state index contributed by atoms with van der Waals surface area (Å²) in [6, 6.07) is 2.38. The Kier molecular flexibility index (Phi) is 4.54. The van der Waals surface area contributed by atoms with Gasteiger partial charge in [-0.25, -0.2) is 8.42 Å². The molecule has 14 nitrogen and oxygen atoms in total. The lowest BCUT2D eigenvalue weighted by atomic mass is 10.0. The van der Waals surface area contributed by atoms with Crippen LogP contribution < -0.4 is 0 Å². The van der Waals surface area contributed by atoms with Crippen LogP contribution in [0.3, 0.4) is 0 Å². The Morgan fingerprint density at radius 2 is 1.37 bits per heavy atom. The molecule has 0 atom stereocenters. The van der Waals surface area contributed by atoms with Gasteiger partial charge in [0.2, 0.25) is 0 Å². The van der Waals surface area contributed by atoms with Gasteiger partial charge < -0.3 is 5.11 Å². The van der Waals surface area contributed by atoms with Gasteiger partial charge >= 0.3 is 5.97 Å². The van der Waals surface area contributed by atoms with E-state index in [0.717, 1.165) is 0 Å². The number of hydrogen-bond acceptors (Lipinski definition) is 10. The molecule has 0 amide bonds. The minimum atomic E-state index is -4.59. The van der Waals surface area contributed by atoms with Crippen molar-refractivity contribution in [3.63, 3.8) is 0 Å². The highest BCUT2D eigenvalue weighted by Gasteiger charge is 2.42. The van der Waals surface area contributed by atoms with E-state index in [0.29, 0.717) is 24.3 Å². The molecule has 0 radical (unpaired) electrons. The van der Waals surface area contributed by atoms with E-state index in [1.54, 1.807) is 0 Å². The van der Waals surface area contributed by atoms with E-state index in [-0.39, 0.29) is 0 Å². The fraction of sp³-hybridized carbons (Fsp3) is 0.0667. The molecule has 0 fully saturated rings. The molecule has 2 aromatic carbocycles. The lowest BCUT2D eigenvalue weighted by molar-refractivity contribution is -0.394. The summed E-state index contributed by atoms with van der Waals surface area (Å²) < 4.78 is 24.4. The second-order valence-corrected chi connectivity index (χ2v) is 8.00. The molecule has 0 aliphatic heterocycles. The van der Waals surface area contributed by atoms with Crippen LogP contribution in [0.2, 0.25) is 0 Å². The minimum absolute atomic E-state index is 0.491. The maximum absolute atomic E-state index is 12.7. The maximum atomic E-state index is 12.7. The first-order valence-electron chi connectivity index (χ1n) is 7.64. The monoisotopic (exact) mass is 437 g/mol. The number of benzene rings is 2. The summed E-state index contributed by atoms with van der Waals surface area (Å²) in [5, 5.41) is 42.7. The summed E-state index contributed by atoms with van der Waals surface area (Å²) in [7, 11) is -4.59. The topological polar surface area (TPSA) is 218 Å². The Morgan fingerprint density at radius 1 is 0.867 bits per heavy atom. The summed E-state index contributed by atoms with van der Waals surface area (Å²) in [4.78, 5) is 53.5. The molecule has 0 saturated heterocycles. The van der Waals surface area contributed by atoms with Crippen LogP contribution in [0.25, 0.3) is 11.1 Å². The van der Waals surface area contributed by atoms with Crippen molar-refractivity contribution in [3.05, 3.63) is 65.7 Å². The van der Waals surface area contributed by atoms with Crippen LogP contribution in [0, 0.1) is 30.3 Å². The van der Waals surface area contributed by atoms with Gasteiger partial charge in [0, 0.05) is 23.3 Å². The molecule has 0 bridgehead atoms. The quantitative estimate of drug-likeness (QED) is 0.430. The normalized spacial score (nSPS) is 12.2. The first kappa shape index (κ1) is 20.5. The van der Waals surface area contributed by atoms with Gasteiger partial charge in [-0.2, -0.15) is 0 Å². The van der Waals surface area contributed by atoms with Gasteiger partial charge in [-0.05, 0) is 6.07 Å². The summed E-state index contributed by atoms with van der Waals surface area (Å²) in [6.45, 7) is 0. The van der Waals surface area contributed by atoms with E-state index >= 15 is 0 Å². The van der Waals surface area contributed by atoms with Crippen molar-refractivity contribution in [2.45, 2.75) is 4.90 Å². The lowest BCUT2D eigenvalue weighted by Gasteiger charge is -2.07. The molecule has 154 valence electrons. The Hall–Kier alpha value is -4.27. The number of non-ortho nitro benzene ring substituents is 1. The SMILES string of the molecule is O=C(O)CS(=O)(=O)c1cc2c(c([N+](=O)[O-])c1)-c1c(cc([N+](=O)[O-])cc1[N+](=O)[O-])C2=O. The van der Waals surface area contributed by atoms with Crippen LogP contribution in [0.5, 0.6) is 0 Å². The third-order valence-corrected chi connectivity index (χ3v) is 5.79. The molecule has 0 heterocycles. The average molecular weight is 437 g/mol. The number of fused-ring (bicyclic) bond motifs is 3. The average Bonchev–Trinajstić information content (AvgIpc) is 2.91. The molecule has 2 aromatic rings. The second-order valence-electron chi connectivity index (χ2n) is 6.01. The number of sulfone groups is 1. The summed E-state index contributed by atoms with van der Waals surface area (Å²) >= 11 is 0. The molecule has 30 heavy (non-hydrogen) atoms. The Morgan fingerprint density at radius 3 is 1.83 bits per heavy atom. The van der Waals surface area contributed by atoms with Crippen molar-refractivity contribution in [3.8, 4) is 11.1 Å². The number of carboxylic acid groups (broad SMARTS) is 1. The summed E-state index contributed by atoms with van der Waals surface area (Å²) in [5.41, 5.74) is -5.09. The number of ketones is 1. The fourth-order valence-electron chi connectivity index (χ4n) is 3.06. The van der Waals surface area contributed by atoms with Crippen LogP contribution in [0.1, 0.15) is 15.9 Å². The molecule has 1 aliphatic carbocycles. The molecule has 15 heteroatoms. The van der Waals surface area contributed by atoms with Crippen molar-refractivity contribution in [1.29, 1.82) is 0 Å². The Bertz CT molecular complexity index is 1310. The number of nitro groups is 3. The van der Waals surface area contributed by atoms with Crippen LogP contribution in [-0.2, 0) is 14.6 Å². The maximum Gasteiger partial charge on any atom is 0.319 e. The van der Waals surface area contributed by atoms with E-state index < -0.39 is 86.3 Å². The minimum Gasteiger partial charge on any atom is -0.480 e. The first-order valence-corrected chi connectivity index (χ1v) is 9.29. The van der Waals surface area contributed by atoms with Crippen molar-refractivity contribution in [2.24, 2.45) is 0 Å². The van der Waals surface area contributed by atoms with E-state index in [9.17, 15) is 48.3 Å². The smallest absolute Gasteiger partial charge is 0.319 e. The molecule has 0 aromatic heterocycles. The number of hydrogen-bond donors (Lipinski definition) is 1. The molecule has 0 unspecified atom stereocenters. The zero-order valence-electron chi connectivity index (χ0n) is 14.3. The van der Waals surface area contributed by atoms with Crippen LogP contribution in [0.4, 0.5) is 17.1 Å². The predicted molar refractivity (Wildman–Crippen MR) is 95.0 cm³/mol. The third-order valence-electron chi connectivity index (χ3n) is 4.21. The molecular formula is C15H7N3O11S. The number of carboxylic acids is 1. The fourth-order valence-corrected chi connectivity index (χ4v) is 4.14. The summed E-state index contributed by atoms with van der Waals surface area (Å²) in [6.07, 6.45) is 0. The van der Waals surface area contributed by atoms with Crippen molar-refractivity contribution in [2.75, 3.05) is 5.75 Å². The third kappa shape index (κ3) is 3.12. The van der Waals surface area contributed by atoms with Gasteiger partial charge in [-0.1, -0.05) is 0 Å². The van der Waals surface area contributed by atoms with Gasteiger partial charge in [-0.3, -0.25) is 39.9 Å². The number of carbonyl (C=O) groups excluding carboxylic acids is 1. The molecule has 0 spiro atoms. The van der Waals surface area contributed by atoms with Crippen LogP contribution in [0.15, 0.2) is 29.2 Å². The standard InChI is InChI=1S/C15H7N3O11S/c19-12(20)5-30(28,29)7-3-9-14(11(4-7)18(26)27)13-8(15(9)21)1-6(16(22)23)2-10(13)17(24)25/h1-4H,5H2,(H,19,20). The second kappa shape index (κ2) is 6.66. The van der Waals surface area contributed by atoms with Crippen molar-refractivity contribution >= 4 is 38.7 Å². The Balaban J connectivity index is 2.43. The highest BCUT2D eigenvalue weighted by atomic mass is 32.2. The van der Waals surface area contributed by atoms with E-state index in [2.05, 4.69) is 0 Å². The van der Waals surface area contributed by atoms with E-state index in [4.69, 9.17) is 5.11 Å². The molecule has 3 rings (SSSR count). The number of aliphatic carboxylic acids is 1. The predicted octanol–water partition coefficient (Wildman–Crippen LogP) is 1.48. The number of carbonyl (C=O) groups is 2. The lowest BCUT2D eigenvalue weighted by Crippen LogP contribution is -2.16. The van der Waals surface area contributed by atoms with Crippen LogP contribution in [-0.4, -0.2) is 45.8 Å². The van der Waals surface area contributed by atoms with Gasteiger partial charge in [0.25, 0.3) is 17.1 Å². The molecule has 1 aliphatic rings. The highest BCUT2D eigenvalue weighted by molar-refractivity contribution is 7.92. The van der Waals surface area contributed by atoms with Gasteiger partial charge in [0.05, 0.1) is 36.9 Å². The van der Waals surface area contributed by atoms with Gasteiger partial charge in [-0.15, -0.1) is 0 Å². The summed E-state index contributed by atoms with van der Waals surface area (Å²) in [5.74, 6) is -4.28. The zero-order chi connectivity index (χ0) is 22.5. The molecule has 1 N–H and O–H groups in total. The van der Waals surface area contributed by atoms with Gasteiger partial charge in [0.15, 0.2) is 21.4 Å². The number of nitrogens with zero attached hydrogens (tertiary/aromatic N) is 3. The van der Waals surface area contributed by atoms with Crippen molar-refractivity contribution in [1.82, 2.24) is 0 Å². The van der Waals surface area contributed by atoms with E-state index in [1.165, 1.54) is 0 Å². The molecular weight excluding hydrogens is 430 g/mol. The first-order chi connectivity index (χ1) is 13.8. The van der Waals surface area contributed by atoms with Gasteiger partial charge in [0.1, 0.15) is 0 Å². The molecule has 0 saturated carbocycles. The Labute approximate surface area is 164 Å². The zero-order valence-corrected chi connectivity index (χ0v) is 15.1. The van der Waals surface area contributed by atoms with Crippen molar-refractivity contribution < 1.29 is 37.9 Å².